The molecule has 2 aliphatic heterocycles. The third kappa shape index (κ3) is 4.58. The molecular formula is C29H19N3O8S2. The van der Waals surface area contributed by atoms with E-state index >= 15 is 0 Å². The number of nitrogens with zero attached hydrogens (tertiary/aromatic N) is 3. The molecule has 0 fully saturated rings. The molecule has 0 saturated carbocycles. The van der Waals surface area contributed by atoms with Gasteiger partial charge in [-0.25, -0.2) is 14.6 Å². The van der Waals surface area contributed by atoms with Crippen LogP contribution in [0.2, 0.25) is 0 Å². The van der Waals surface area contributed by atoms with E-state index in [0.717, 1.165) is 20.2 Å². The van der Waals surface area contributed by atoms with Gasteiger partial charge in [0.2, 0.25) is 0 Å². The molecule has 0 unspecified atom stereocenters. The Hall–Kier alpha value is -5.01. The van der Waals surface area contributed by atoms with Crippen molar-refractivity contribution in [1.29, 1.82) is 0 Å². The van der Waals surface area contributed by atoms with Crippen molar-refractivity contribution in [1.82, 2.24) is 15.0 Å². The van der Waals surface area contributed by atoms with Gasteiger partial charge in [0.1, 0.15) is 26.4 Å². The van der Waals surface area contributed by atoms with E-state index in [9.17, 15) is 19.8 Å². The Kier molecular flexibility index (Phi) is 6.44. The maximum Gasteiger partial charge on any atom is 0.335 e. The highest BCUT2D eigenvalue weighted by atomic mass is 32.1. The zero-order chi connectivity index (χ0) is 28.8. The fourth-order valence-corrected chi connectivity index (χ4v) is 6.90. The van der Waals surface area contributed by atoms with E-state index in [1.807, 2.05) is 11.4 Å². The van der Waals surface area contributed by atoms with E-state index in [1.165, 1.54) is 53.1 Å². The lowest BCUT2D eigenvalue weighted by atomic mass is 10.1. The number of carboxylic acids is 2. The van der Waals surface area contributed by atoms with Gasteiger partial charge in [-0.15, -0.1) is 22.7 Å². The normalized spacial score (nSPS) is 13.5. The number of pyridine rings is 3. The summed E-state index contributed by atoms with van der Waals surface area (Å²) in [4.78, 5) is 39.4. The number of hydrogen-bond acceptors (Lipinski definition) is 11. The number of carboxylic acid groups (broad SMARTS) is 2. The first-order chi connectivity index (χ1) is 20.5. The molecule has 0 saturated heterocycles. The quantitative estimate of drug-likeness (QED) is 0.250. The van der Waals surface area contributed by atoms with Crippen LogP contribution in [0, 0.1) is 0 Å². The van der Waals surface area contributed by atoms with Crippen molar-refractivity contribution in [2.75, 3.05) is 26.4 Å². The third-order valence-corrected chi connectivity index (χ3v) is 8.84. The van der Waals surface area contributed by atoms with Crippen molar-refractivity contribution in [3.63, 3.8) is 0 Å². The van der Waals surface area contributed by atoms with Gasteiger partial charge in [0.25, 0.3) is 0 Å². The summed E-state index contributed by atoms with van der Waals surface area (Å²) in [5.74, 6) is 0.342. The lowest BCUT2D eigenvalue weighted by molar-refractivity contribution is 0.0686. The summed E-state index contributed by atoms with van der Waals surface area (Å²) < 4.78 is 23.8. The summed E-state index contributed by atoms with van der Waals surface area (Å²) in [5, 5.41) is 21.1. The third-order valence-electron chi connectivity index (χ3n) is 6.53. The average molecular weight is 602 g/mol. The number of ether oxygens (including phenoxy) is 4. The Labute approximate surface area is 245 Å². The zero-order valence-corrected chi connectivity index (χ0v) is 23.2. The fourth-order valence-electron chi connectivity index (χ4n) is 4.64. The van der Waals surface area contributed by atoms with E-state index < -0.39 is 11.9 Å². The Bertz CT molecular complexity index is 1880. The maximum absolute atomic E-state index is 12.0. The minimum atomic E-state index is -1.17. The summed E-state index contributed by atoms with van der Waals surface area (Å²) in [6.45, 7) is 1.76. The molecule has 5 aromatic rings. The molecule has 7 heterocycles. The minimum absolute atomic E-state index is 0.00802. The van der Waals surface area contributed by atoms with Crippen LogP contribution in [0.3, 0.4) is 0 Å². The Morgan fingerprint density at radius 1 is 0.667 bits per heavy atom. The zero-order valence-electron chi connectivity index (χ0n) is 21.5. The van der Waals surface area contributed by atoms with Gasteiger partial charge < -0.3 is 29.2 Å². The molecular weight excluding hydrogens is 582 g/mol. The van der Waals surface area contributed by atoms with E-state index in [-0.39, 0.29) is 28.2 Å². The predicted octanol–water partition coefficient (Wildman–Crippen LogP) is 5.60. The van der Waals surface area contributed by atoms with E-state index in [4.69, 9.17) is 18.9 Å². The van der Waals surface area contributed by atoms with Crippen LogP contribution in [0.5, 0.6) is 23.0 Å². The smallest absolute Gasteiger partial charge is 0.335 e. The fraction of sp³-hybridized carbons (Fsp3) is 0.138. The maximum atomic E-state index is 12.0. The minimum Gasteiger partial charge on any atom is -0.485 e. The predicted molar refractivity (Wildman–Crippen MR) is 153 cm³/mol. The van der Waals surface area contributed by atoms with Crippen LogP contribution < -0.4 is 18.9 Å². The lowest BCUT2D eigenvalue weighted by Crippen LogP contribution is -2.15. The molecule has 7 rings (SSSR count). The standard InChI is InChI=1S/C29H19N3O8S2/c33-28(34)15-2-4-31-18(10-15)20-12-16(29(35)36)11-19(32-20)17-9-14(1-3-30-17)25-23-24(40-8-7-39-23)27(42-25)26-22-21(13-41-26)37-5-6-38-22/h1-4,9-13H,5-8H2,(H,33,34)(H,35,36). The van der Waals surface area contributed by atoms with Crippen LogP contribution in [0.1, 0.15) is 20.7 Å². The summed E-state index contributed by atoms with van der Waals surface area (Å²) in [6.07, 6.45) is 2.95. The molecule has 0 atom stereocenters. The molecule has 0 aliphatic carbocycles. The van der Waals surface area contributed by atoms with Crippen molar-refractivity contribution in [2.45, 2.75) is 0 Å². The second kappa shape index (κ2) is 10.4. The molecule has 42 heavy (non-hydrogen) atoms. The molecule has 0 amide bonds. The first-order valence-electron chi connectivity index (χ1n) is 12.7. The topological polar surface area (TPSA) is 150 Å². The van der Waals surface area contributed by atoms with Crippen LogP contribution in [0.15, 0.2) is 54.2 Å². The molecule has 2 aliphatic rings. The second-order valence-corrected chi connectivity index (χ2v) is 11.1. The molecule has 2 N–H and O–H groups in total. The molecule has 0 spiro atoms. The highest BCUT2D eigenvalue weighted by Crippen LogP contribution is 2.58. The van der Waals surface area contributed by atoms with Crippen molar-refractivity contribution in [3.8, 4) is 66.0 Å². The summed E-state index contributed by atoms with van der Waals surface area (Å²) >= 11 is 3.00. The van der Waals surface area contributed by atoms with Gasteiger partial charge >= 0.3 is 11.9 Å². The number of aromatic carboxylic acids is 2. The largest absolute Gasteiger partial charge is 0.485 e. The Morgan fingerprint density at radius 3 is 1.98 bits per heavy atom. The van der Waals surface area contributed by atoms with E-state index in [0.29, 0.717) is 55.1 Å². The molecule has 0 aromatic carbocycles. The van der Waals surface area contributed by atoms with Crippen LogP contribution >= 0.6 is 22.7 Å². The molecule has 5 aromatic heterocycles. The molecule has 0 radical (unpaired) electrons. The van der Waals surface area contributed by atoms with Crippen LogP contribution in [-0.2, 0) is 0 Å². The summed E-state index contributed by atoms with van der Waals surface area (Å²) in [7, 11) is 0. The van der Waals surface area contributed by atoms with Gasteiger partial charge in [-0.2, -0.15) is 0 Å². The number of hydrogen-bond donors (Lipinski definition) is 2. The van der Waals surface area contributed by atoms with Gasteiger partial charge in [0, 0.05) is 17.8 Å². The van der Waals surface area contributed by atoms with Gasteiger partial charge in [0.15, 0.2) is 23.0 Å². The number of thiophene rings is 2. The molecule has 0 bridgehead atoms. The SMILES string of the molecule is O=C(O)c1ccnc(-c2cc(C(=O)O)cc(-c3cc(-c4sc(-c5scc6c5OCCO6)c5c4OCCO5)ccn3)n2)c1. The van der Waals surface area contributed by atoms with Gasteiger partial charge in [-0.05, 0) is 42.0 Å². The van der Waals surface area contributed by atoms with Crippen LogP contribution in [-0.4, -0.2) is 63.5 Å². The lowest BCUT2D eigenvalue weighted by Gasteiger charge is -2.18. The molecule has 210 valence electrons. The van der Waals surface area contributed by atoms with Crippen LogP contribution in [0.25, 0.3) is 43.0 Å². The van der Waals surface area contributed by atoms with Crippen molar-refractivity contribution in [2.24, 2.45) is 0 Å². The van der Waals surface area contributed by atoms with Crippen molar-refractivity contribution < 1.29 is 38.7 Å². The van der Waals surface area contributed by atoms with Gasteiger partial charge in [-0.3, -0.25) is 9.97 Å². The number of rotatable bonds is 6. The number of carbonyl (C=O) groups is 2. The summed E-state index contributed by atoms with van der Waals surface area (Å²) in [5.41, 5.74) is 1.87. The van der Waals surface area contributed by atoms with Crippen molar-refractivity contribution in [3.05, 3.63) is 65.3 Å². The highest BCUT2D eigenvalue weighted by Gasteiger charge is 2.31. The molecule has 11 nitrogen and oxygen atoms in total. The first-order valence-corrected chi connectivity index (χ1v) is 14.4. The Balaban J connectivity index is 1.33. The second-order valence-electron chi connectivity index (χ2n) is 9.17. The number of aromatic nitrogens is 3. The van der Waals surface area contributed by atoms with Gasteiger partial charge in [0.05, 0.1) is 48.5 Å². The van der Waals surface area contributed by atoms with E-state index in [1.54, 1.807) is 12.3 Å². The van der Waals surface area contributed by atoms with Gasteiger partial charge in [-0.1, -0.05) is 0 Å². The average Bonchev–Trinajstić information content (AvgIpc) is 3.63. The van der Waals surface area contributed by atoms with Crippen LogP contribution in [0.4, 0.5) is 0 Å². The first kappa shape index (κ1) is 25.9. The summed E-state index contributed by atoms with van der Waals surface area (Å²) in [6, 6.07) is 9.11. The Morgan fingerprint density at radius 2 is 1.26 bits per heavy atom. The molecule has 13 heteroatoms. The monoisotopic (exact) mass is 601 g/mol. The highest BCUT2D eigenvalue weighted by molar-refractivity contribution is 7.24. The van der Waals surface area contributed by atoms with E-state index in [2.05, 4.69) is 15.0 Å². The number of fused-ring (bicyclic) bond motifs is 2. The van der Waals surface area contributed by atoms with Crippen molar-refractivity contribution >= 4 is 34.6 Å².